The Labute approximate surface area is 402 Å². The van der Waals surface area contributed by atoms with E-state index in [4.69, 9.17) is 26.4 Å². The molecule has 0 aliphatic carbocycles. The number of thiazole rings is 1. The van der Waals surface area contributed by atoms with Crippen LogP contribution in [0.2, 0.25) is 0 Å². The molecule has 0 unspecified atom stereocenters. The summed E-state index contributed by atoms with van der Waals surface area (Å²) >= 11 is 7.17. The number of hydrogen-bond acceptors (Lipinski definition) is 12. The van der Waals surface area contributed by atoms with Gasteiger partial charge in [-0.05, 0) is 92.0 Å². The van der Waals surface area contributed by atoms with Crippen molar-refractivity contribution in [3.8, 4) is 22.3 Å². The largest absolute Gasteiger partial charge is 0.494 e. The number of likely N-dealkylation sites (tertiary alicyclic amines) is 1. The Balaban J connectivity index is 0.902. The number of rotatable bonds is 18. The Morgan fingerprint density at radius 2 is 1.68 bits per heavy atom. The highest BCUT2D eigenvalue weighted by molar-refractivity contribution is 7.81. The maximum Gasteiger partial charge on any atom is 0.417 e. The molecule has 3 aromatic carbocycles. The smallest absolute Gasteiger partial charge is 0.417 e. The number of carbonyl (C=O) groups is 4. The van der Waals surface area contributed by atoms with E-state index in [0.29, 0.717) is 31.1 Å². The minimum absolute atomic E-state index is 0.0230. The fourth-order valence-electron chi connectivity index (χ4n) is 7.87. The number of β-amino-alcohol motifs (C(OH)–C–C–N with tert-alkyl or cyclic N) is 1. The van der Waals surface area contributed by atoms with Crippen LogP contribution >= 0.6 is 23.6 Å². The van der Waals surface area contributed by atoms with E-state index in [0.717, 1.165) is 38.7 Å². The predicted molar refractivity (Wildman–Crippen MR) is 253 cm³/mol. The predicted octanol–water partition coefficient (Wildman–Crippen LogP) is 6.54. The van der Waals surface area contributed by atoms with Gasteiger partial charge in [0.05, 0.1) is 64.9 Å². The third-order valence-corrected chi connectivity index (χ3v) is 12.8. The number of hydrogen-bond donors (Lipinski definition) is 3. The first-order valence-corrected chi connectivity index (χ1v) is 23.1. The van der Waals surface area contributed by atoms with Crippen LogP contribution in [0.15, 0.2) is 72.2 Å². The second-order valence-corrected chi connectivity index (χ2v) is 19.2. The number of benzene rings is 3. The van der Waals surface area contributed by atoms with Crippen LogP contribution in [0.25, 0.3) is 10.4 Å². The summed E-state index contributed by atoms with van der Waals surface area (Å²) in [5, 5.41) is 25.4. The van der Waals surface area contributed by atoms with E-state index in [-0.39, 0.29) is 50.1 Å². The zero-order chi connectivity index (χ0) is 49.6. The van der Waals surface area contributed by atoms with E-state index < -0.39 is 70.1 Å². The van der Waals surface area contributed by atoms with Crippen molar-refractivity contribution in [1.82, 2.24) is 20.5 Å². The van der Waals surface area contributed by atoms with E-state index in [1.807, 2.05) is 31.2 Å². The number of aliphatic hydroxyl groups is 1. The first kappa shape index (κ1) is 51.4. The van der Waals surface area contributed by atoms with Crippen molar-refractivity contribution >= 4 is 63.7 Å². The van der Waals surface area contributed by atoms with Crippen LogP contribution in [-0.2, 0) is 41.4 Å². The van der Waals surface area contributed by atoms with Crippen LogP contribution in [0.4, 0.5) is 24.5 Å². The lowest BCUT2D eigenvalue weighted by Crippen LogP contribution is -2.58. The number of ether oxygens (including phenoxy) is 3. The van der Waals surface area contributed by atoms with Gasteiger partial charge >= 0.3 is 6.18 Å². The molecule has 3 atom stereocenters. The number of aryl methyl sites for hydroxylation is 1. The first-order valence-electron chi connectivity index (χ1n) is 21.8. The van der Waals surface area contributed by atoms with Crippen LogP contribution in [0, 0.1) is 23.7 Å². The van der Waals surface area contributed by atoms with Crippen molar-refractivity contribution in [1.29, 1.82) is 5.26 Å². The molecule has 3 N–H and O–H groups in total. The van der Waals surface area contributed by atoms with Crippen molar-refractivity contribution < 1.29 is 51.7 Å². The van der Waals surface area contributed by atoms with E-state index in [9.17, 15) is 42.7 Å². The van der Waals surface area contributed by atoms with Crippen LogP contribution in [0.5, 0.6) is 5.75 Å². The third kappa shape index (κ3) is 12.0. The fourth-order valence-corrected chi connectivity index (χ4v) is 9.20. The standard InChI is InChI=1S/C48H54F3N7O8S2/c1-29-40(68-28-54-29)31-10-8-30(9-11-31)25-53-42(61)38-23-35(59)26-56(38)43(62)41(46(2,3)4)55-39(60)27-65-21-20-64-18-7-19-66-36-16-14-33(15-17-36)58-45(67)57(44(63)47(58,5)6)34-13-12-32(24-52)37(22-34)48(49,50)51/h8-17,22,28,35,38,41,59H,7,18-21,23,25-27H2,1-6H3,(H,53,61)(H,55,60)/t35-,38+,41-/m1/s1. The number of anilines is 2. The molecule has 0 radical (unpaired) electrons. The normalized spacial score (nSPS) is 17.6. The number of aromatic nitrogens is 1. The summed E-state index contributed by atoms with van der Waals surface area (Å²) in [5.74, 6) is -1.43. The SMILES string of the molecule is Cc1ncsc1-c1ccc(CNC(=O)[C@@H]2C[C@@H](O)CN2C(=O)[C@@H](NC(=O)COCCOCCCOc2ccc(N3C(=S)N(c4ccc(C#N)c(C(F)(F)F)c4)C(=O)C3(C)C)cc2)C(C)(C)C)cc1. The molecule has 6 rings (SSSR count). The number of halogens is 3. The van der Waals surface area contributed by atoms with Crippen molar-refractivity contribution in [2.75, 3.05) is 49.4 Å². The van der Waals surface area contributed by atoms with Gasteiger partial charge in [0.1, 0.15) is 30.0 Å². The van der Waals surface area contributed by atoms with E-state index in [1.165, 1.54) is 17.0 Å². The second kappa shape index (κ2) is 21.5. The zero-order valence-electron chi connectivity index (χ0n) is 38.5. The molecule has 68 heavy (non-hydrogen) atoms. The van der Waals surface area contributed by atoms with E-state index in [2.05, 4.69) is 15.6 Å². The third-order valence-electron chi connectivity index (χ3n) is 11.5. The van der Waals surface area contributed by atoms with Gasteiger partial charge in [0, 0.05) is 38.2 Å². The Bertz CT molecular complexity index is 2520. The molecule has 20 heteroatoms. The Morgan fingerprint density at radius 1 is 1.00 bits per heavy atom. The van der Waals surface area contributed by atoms with Gasteiger partial charge < -0.3 is 39.8 Å². The minimum Gasteiger partial charge on any atom is -0.494 e. The lowest BCUT2D eigenvalue weighted by molar-refractivity contribution is -0.144. The molecule has 2 aliphatic heterocycles. The summed E-state index contributed by atoms with van der Waals surface area (Å²) < 4.78 is 58.1. The molecule has 4 aromatic rings. The zero-order valence-corrected chi connectivity index (χ0v) is 40.1. The summed E-state index contributed by atoms with van der Waals surface area (Å²) in [4.78, 5) is 63.2. The number of nitrogens with one attached hydrogen (secondary N) is 2. The van der Waals surface area contributed by atoms with Crippen LogP contribution in [0.1, 0.15) is 69.8 Å². The molecular weight excluding hydrogens is 924 g/mol. The van der Waals surface area contributed by atoms with Crippen molar-refractivity contribution in [2.45, 2.75) is 90.8 Å². The number of aliphatic hydroxyl groups excluding tert-OH is 1. The van der Waals surface area contributed by atoms with Gasteiger partial charge in [0.2, 0.25) is 17.7 Å². The molecule has 2 fully saturated rings. The quantitative estimate of drug-likeness (QED) is 0.0724. The van der Waals surface area contributed by atoms with Crippen LogP contribution < -0.4 is 25.2 Å². The minimum atomic E-state index is -4.81. The van der Waals surface area contributed by atoms with Crippen LogP contribution in [-0.4, -0.2) is 107 Å². The Morgan fingerprint density at radius 3 is 2.31 bits per heavy atom. The van der Waals surface area contributed by atoms with Gasteiger partial charge in [-0.15, -0.1) is 11.3 Å². The summed E-state index contributed by atoms with van der Waals surface area (Å²) in [5.41, 5.74) is 1.34. The molecule has 0 spiro atoms. The van der Waals surface area contributed by atoms with E-state index in [1.54, 1.807) is 80.6 Å². The molecule has 0 bridgehead atoms. The number of nitrogens with zero attached hydrogens (tertiary/aromatic N) is 5. The summed E-state index contributed by atoms with van der Waals surface area (Å²) in [7, 11) is 0. The summed E-state index contributed by atoms with van der Waals surface area (Å²) in [6.07, 6.45) is -5.13. The molecule has 1 aromatic heterocycles. The van der Waals surface area contributed by atoms with Crippen molar-refractivity contribution in [2.24, 2.45) is 5.41 Å². The molecule has 15 nitrogen and oxygen atoms in total. The number of nitriles is 1. The highest BCUT2D eigenvalue weighted by Crippen LogP contribution is 2.40. The number of amides is 4. The van der Waals surface area contributed by atoms with Gasteiger partial charge in [-0.1, -0.05) is 45.0 Å². The molecule has 2 saturated heterocycles. The molecule has 4 amide bonds. The Hall–Kier alpha value is -5.98. The molecule has 3 heterocycles. The maximum absolute atomic E-state index is 13.9. The highest BCUT2D eigenvalue weighted by atomic mass is 32.1. The van der Waals surface area contributed by atoms with Gasteiger partial charge in [-0.25, -0.2) is 4.98 Å². The van der Waals surface area contributed by atoms with E-state index >= 15 is 0 Å². The number of carbonyl (C=O) groups excluding carboxylic acids is 4. The lowest BCUT2D eigenvalue weighted by Gasteiger charge is -2.35. The number of thiocarbonyl (C=S) groups is 1. The topological polar surface area (TPSA) is 187 Å². The molecule has 362 valence electrons. The average Bonchev–Trinajstić information content (AvgIpc) is 3.95. The second-order valence-electron chi connectivity index (χ2n) is 18.0. The fraction of sp³-hybridized carbons (Fsp3) is 0.438. The number of alkyl halides is 3. The van der Waals surface area contributed by atoms with Gasteiger partial charge in [0.25, 0.3) is 5.91 Å². The summed E-state index contributed by atoms with van der Waals surface area (Å²) in [6, 6.07) is 17.2. The first-order chi connectivity index (χ1) is 32.1. The van der Waals surface area contributed by atoms with Gasteiger partial charge in [-0.3, -0.25) is 24.1 Å². The van der Waals surface area contributed by atoms with Crippen molar-refractivity contribution in [3.63, 3.8) is 0 Å². The van der Waals surface area contributed by atoms with Crippen LogP contribution in [0.3, 0.4) is 0 Å². The van der Waals surface area contributed by atoms with Gasteiger partial charge in [-0.2, -0.15) is 18.4 Å². The summed E-state index contributed by atoms with van der Waals surface area (Å²) in [6.45, 7) is 11.3. The maximum atomic E-state index is 13.9. The highest BCUT2D eigenvalue weighted by Gasteiger charge is 2.51. The van der Waals surface area contributed by atoms with Crippen molar-refractivity contribution in [3.05, 3.63) is 94.6 Å². The monoisotopic (exact) mass is 977 g/mol. The Kier molecular flexibility index (Phi) is 16.3. The lowest BCUT2D eigenvalue weighted by atomic mass is 9.85. The average molecular weight is 978 g/mol. The molecule has 0 saturated carbocycles. The molecular formula is C48H54F3N7O8S2. The van der Waals surface area contributed by atoms with Gasteiger partial charge in [0.15, 0.2) is 5.11 Å². The molecule has 2 aliphatic rings.